The molecule has 226 valence electrons. The third-order valence-corrected chi connectivity index (χ3v) is 8.05. The molecular weight excluding hydrogens is 557 g/mol. The number of carbonyl (C=O) groups excluding carboxylic acids is 2. The van der Waals surface area contributed by atoms with Crippen molar-refractivity contribution in [1.82, 2.24) is 10.2 Å². The Morgan fingerprint density at radius 1 is 0.952 bits per heavy atom. The van der Waals surface area contributed by atoms with Gasteiger partial charge in [0.15, 0.2) is 0 Å². The minimum Gasteiger partial charge on any atom is -0.497 e. The van der Waals surface area contributed by atoms with E-state index in [0.717, 1.165) is 24.7 Å². The maximum absolute atomic E-state index is 13.8. The van der Waals surface area contributed by atoms with E-state index < -0.39 is 21.9 Å². The number of nitrogens with one attached hydrogen (secondary N) is 1. The number of amides is 2. The molecule has 0 aliphatic carbocycles. The number of hydrogen-bond donors (Lipinski definition) is 1. The molecule has 0 saturated heterocycles. The highest BCUT2D eigenvalue weighted by Crippen LogP contribution is 2.24. The van der Waals surface area contributed by atoms with E-state index in [2.05, 4.69) is 5.32 Å². The predicted molar refractivity (Wildman–Crippen MR) is 163 cm³/mol. The normalized spacial score (nSPS) is 11.9. The van der Waals surface area contributed by atoms with Crippen LogP contribution in [0.2, 0.25) is 0 Å². The molecule has 0 aliphatic heterocycles. The van der Waals surface area contributed by atoms with Gasteiger partial charge in [-0.3, -0.25) is 13.9 Å². The van der Waals surface area contributed by atoms with E-state index in [4.69, 9.17) is 4.74 Å². The molecule has 10 heteroatoms. The summed E-state index contributed by atoms with van der Waals surface area (Å²) in [4.78, 5) is 28.9. The van der Waals surface area contributed by atoms with Gasteiger partial charge in [-0.15, -0.1) is 0 Å². The van der Waals surface area contributed by atoms with Crippen molar-refractivity contribution in [2.75, 3.05) is 30.8 Å². The fraction of sp³-hybridized carbons (Fsp3) is 0.375. The lowest BCUT2D eigenvalue weighted by Gasteiger charge is -2.32. The van der Waals surface area contributed by atoms with Gasteiger partial charge < -0.3 is 15.0 Å². The summed E-state index contributed by atoms with van der Waals surface area (Å²) in [6.07, 6.45) is 3.35. The van der Waals surface area contributed by atoms with E-state index in [1.165, 1.54) is 28.4 Å². The fourth-order valence-corrected chi connectivity index (χ4v) is 5.57. The number of carbonyl (C=O) groups is 2. The smallest absolute Gasteiger partial charge is 0.243 e. The highest BCUT2D eigenvalue weighted by atomic mass is 32.2. The molecule has 42 heavy (non-hydrogen) atoms. The van der Waals surface area contributed by atoms with Crippen molar-refractivity contribution in [3.63, 3.8) is 0 Å². The van der Waals surface area contributed by atoms with Gasteiger partial charge in [0.1, 0.15) is 17.6 Å². The number of halogens is 1. The van der Waals surface area contributed by atoms with E-state index in [9.17, 15) is 22.4 Å². The Morgan fingerprint density at radius 2 is 1.67 bits per heavy atom. The third kappa shape index (κ3) is 9.87. The van der Waals surface area contributed by atoms with Crippen molar-refractivity contribution >= 4 is 27.5 Å². The molecule has 0 bridgehead atoms. The number of sulfonamides is 1. The summed E-state index contributed by atoms with van der Waals surface area (Å²) in [7, 11) is -2.14. The number of hydrogen-bond acceptors (Lipinski definition) is 5. The van der Waals surface area contributed by atoms with Crippen molar-refractivity contribution in [2.24, 2.45) is 0 Å². The molecule has 0 radical (unpaired) electrons. The first-order valence-electron chi connectivity index (χ1n) is 14.1. The molecule has 0 aromatic heterocycles. The zero-order chi connectivity index (χ0) is 30.5. The molecule has 0 heterocycles. The second-order valence-electron chi connectivity index (χ2n) is 10.1. The summed E-state index contributed by atoms with van der Waals surface area (Å²) in [5.41, 5.74) is 2.01. The minimum absolute atomic E-state index is 0.00468. The molecule has 0 spiro atoms. The number of methoxy groups -OCH3 is 1. The summed E-state index contributed by atoms with van der Waals surface area (Å²) >= 11 is 0. The van der Waals surface area contributed by atoms with Crippen LogP contribution < -0.4 is 14.4 Å². The average molecular weight is 598 g/mol. The Hall–Kier alpha value is -3.92. The average Bonchev–Trinajstić information content (AvgIpc) is 2.98. The third-order valence-electron chi connectivity index (χ3n) is 6.86. The number of rotatable bonds is 16. The van der Waals surface area contributed by atoms with Gasteiger partial charge in [0, 0.05) is 38.5 Å². The van der Waals surface area contributed by atoms with Crippen molar-refractivity contribution in [1.29, 1.82) is 0 Å². The highest BCUT2D eigenvalue weighted by molar-refractivity contribution is 7.92. The first-order chi connectivity index (χ1) is 20.1. The fourth-order valence-electron chi connectivity index (χ4n) is 4.62. The lowest BCUT2D eigenvalue weighted by molar-refractivity contribution is -0.141. The second-order valence-corrected chi connectivity index (χ2v) is 12.0. The van der Waals surface area contributed by atoms with Gasteiger partial charge in [-0.25, -0.2) is 12.8 Å². The molecular formula is C32H40FN3O5S. The lowest BCUT2D eigenvalue weighted by Crippen LogP contribution is -2.50. The van der Waals surface area contributed by atoms with Crippen molar-refractivity contribution in [3.05, 3.63) is 95.8 Å². The number of benzene rings is 3. The standard InChI is InChI=1S/C32H40FN3O5S/c1-4-5-20-34-32(38)30(22-25-11-7-6-8-12-25)35(24-26-16-18-27(33)19-17-26)31(37)15-10-21-36(42(3,39)40)28-13-9-14-29(23-28)41-2/h6-9,11-14,16-19,23,30H,4-5,10,15,20-22,24H2,1-3H3,(H,34,38). The number of unbranched alkanes of at least 4 members (excludes halogenated alkanes) is 1. The molecule has 0 aliphatic rings. The lowest BCUT2D eigenvalue weighted by atomic mass is 10.0. The van der Waals surface area contributed by atoms with Crippen LogP contribution in [0, 0.1) is 5.82 Å². The van der Waals surface area contributed by atoms with Gasteiger partial charge in [0.2, 0.25) is 21.8 Å². The Morgan fingerprint density at radius 3 is 2.31 bits per heavy atom. The summed E-state index contributed by atoms with van der Waals surface area (Å²) in [5.74, 6) is -0.449. The molecule has 3 rings (SSSR count). The Balaban J connectivity index is 1.86. The maximum atomic E-state index is 13.8. The molecule has 0 fully saturated rings. The topological polar surface area (TPSA) is 96.0 Å². The Labute approximate surface area is 248 Å². The van der Waals surface area contributed by atoms with E-state index in [0.29, 0.717) is 30.0 Å². The van der Waals surface area contributed by atoms with Crippen LogP contribution in [-0.4, -0.2) is 57.6 Å². The van der Waals surface area contributed by atoms with Crippen LogP contribution in [0.5, 0.6) is 5.75 Å². The van der Waals surface area contributed by atoms with Crippen molar-refractivity contribution in [2.45, 2.75) is 51.6 Å². The van der Waals surface area contributed by atoms with Crippen LogP contribution in [0.1, 0.15) is 43.7 Å². The Bertz CT molecular complexity index is 1400. The zero-order valence-electron chi connectivity index (χ0n) is 24.5. The minimum atomic E-state index is -3.64. The van der Waals surface area contributed by atoms with Crippen LogP contribution >= 0.6 is 0 Å². The summed E-state index contributed by atoms with van der Waals surface area (Å²) in [6.45, 7) is 2.68. The van der Waals surface area contributed by atoms with Crippen molar-refractivity contribution in [3.8, 4) is 5.75 Å². The van der Waals surface area contributed by atoms with Gasteiger partial charge in [-0.1, -0.05) is 61.9 Å². The van der Waals surface area contributed by atoms with Gasteiger partial charge in [-0.05, 0) is 48.2 Å². The molecule has 1 N–H and O–H groups in total. The molecule has 0 saturated carbocycles. The van der Waals surface area contributed by atoms with Gasteiger partial charge in [0.25, 0.3) is 0 Å². The highest BCUT2D eigenvalue weighted by Gasteiger charge is 2.30. The quantitative estimate of drug-likeness (QED) is 0.236. The van der Waals surface area contributed by atoms with Gasteiger partial charge in [0.05, 0.1) is 19.1 Å². The first-order valence-corrected chi connectivity index (χ1v) is 15.9. The van der Waals surface area contributed by atoms with Crippen LogP contribution in [-0.2, 0) is 32.6 Å². The summed E-state index contributed by atoms with van der Waals surface area (Å²) < 4.78 is 45.4. The van der Waals surface area contributed by atoms with Crippen molar-refractivity contribution < 1.29 is 27.1 Å². The number of anilines is 1. The van der Waals surface area contributed by atoms with Crippen LogP contribution in [0.25, 0.3) is 0 Å². The van der Waals surface area contributed by atoms with Crippen LogP contribution in [0.3, 0.4) is 0 Å². The molecule has 3 aromatic rings. The summed E-state index contributed by atoms with van der Waals surface area (Å²) in [5, 5.41) is 2.97. The Kier molecular flexibility index (Phi) is 12.3. The maximum Gasteiger partial charge on any atom is 0.243 e. The van der Waals surface area contributed by atoms with Gasteiger partial charge >= 0.3 is 0 Å². The molecule has 1 atom stereocenters. The van der Waals surface area contributed by atoms with Crippen LogP contribution in [0.15, 0.2) is 78.9 Å². The molecule has 1 unspecified atom stereocenters. The first kappa shape index (κ1) is 32.6. The van der Waals surface area contributed by atoms with E-state index >= 15 is 0 Å². The van der Waals surface area contributed by atoms with E-state index in [1.54, 1.807) is 36.4 Å². The van der Waals surface area contributed by atoms with E-state index in [1.807, 2.05) is 37.3 Å². The number of ether oxygens (including phenoxy) is 1. The number of nitrogens with zero attached hydrogens (tertiary/aromatic N) is 2. The SMILES string of the molecule is CCCCNC(=O)C(Cc1ccccc1)N(Cc1ccc(F)cc1)C(=O)CCCN(c1cccc(OC)c1)S(C)(=O)=O. The molecule has 2 amide bonds. The predicted octanol–water partition coefficient (Wildman–Crippen LogP) is 4.94. The van der Waals surface area contributed by atoms with Crippen LogP contribution in [0.4, 0.5) is 10.1 Å². The zero-order valence-corrected chi connectivity index (χ0v) is 25.3. The monoisotopic (exact) mass is 597 g/mol. The van der Waals surface area contributed by atoms with Gasteiger partial charge in [-0.2, -0.15) is 0 Å². The van der Waals surface area contributed by atoms with E-state index in [-0.39, 0.29) is 37.7 Å². The second kappa shape index (κ2) is 15.9. The molecule has 8 nitrogen and oxygen atoms in total. The summed E-state index contributed by atoms with van der Waals surface area (Å²) in [6, 6.07) is 21.2. The largest absolute Gasteiger partial charge is 0.497 e. The molecule has 3 aromatic carbocycles.